The van der Waals surface area contributed by atoms with Crippen molar-refractivity contribution in [2.75, 3.05) is 40.5 Å². The maximum atomic E-state index is 9.00. The SMILES string of the molecule is CN[C@H]1COC[C@@H]1O.CN[C@H]1COC[C@H]1O.O.P. The number of rotatable bonds is 2. The van der Waals surface area contributed by atoms with E-state index in [-0.39, 0.29) is 39.7 Å². The van der Waals surface area contributed by atoms with Crippen molar-refractivity contribution >= 4 is 9.90 Å². The highest BCUT2D eigenvalue weighted by Crippen LogP contribution is 2.03. The normalized spacial score (nSPS) is 34.0. The van der Waals surface area contributed by atoms with E-state index in [4.69, 9.17) is 19.7 Å². The highest BCUT2D eigenvalue weighted by Gasteiger charge is 2.24. The molecule has 6 N–H and O–H groups in total. The topological polar surface area (TPSA) is 114 Å². The summed E-state index contributed by atoms with van der Waals surface area (Å²) in [4.78, 5) is 0. The largest absolute Gasteiger partial charge is 0.412 e. The van der Waals surface area contributed by atoms with Crippen molar-refractivity contribution in [3.63, 3.8) is 0 Å². The molecule has 1 unspecified atom stereocenters. The first kappa shape index (κ1) is 20.5. The smallest absolute Gasteiger partial charge is 0.0948 e. The Bertz CT molecular complexity index is 181. The lowest BCUT2D eigenvalue weighted by Gasteiger charge is -2.08. The fourth-order valence-corrected chi connectivity index (χ4v) is 1.64. The third-order valence-corrected chi connectivity index (χ3v) is 2.84. The van der Waals surface area contributed by atoms with Crippen LogP contribution in [0.3, 0.4) is 0 Å². The minimum absolute atomic E-state index is 0. The maximum absolute atomic E-state index is 9.00. The molecule has 112 valence electrons. The summed E-state index contributed by atoms with van der Waals surface area (Å²) in [5.74, 6) is 0. The molecule has 2 fully saturated rings. The summed E-state index contributed by atoms with van der Waals surface area (Å²) >= 11 is 0. The van der Waals surface area contributed by atoms with Crippen LogP contribution >= 0.6 is 9.90 Å². The minimum Gasteiger partial charge on any atom is -0.412 e. The van der Waals surface area contributed by atoms with Gasteiger partial charge in [0.25, 0.3) is 0 Å². The molecule has 0 radical (unpaired) electrons. The van der Waals surface area contributed by atoms with Crippen LogP contribution in [0, 0.1) is 0 Å². The summed E-state index contributed by atoms with van der Waals surface area (Å²) in [6, 6.07) is 0.296. The zero-order valence-electron chi connectivity index (χ0n) is 11.1. The van der Waals surface area contributed by atoms with Crippen molar-refractivity contribution in [2.45, 2.75) is 24.3 Å². The van der Waals surface area contributed by atoms with Crippen LogP contribution in [-0.2, 0) is 9.47 Å². The first-order valence-corrected chi connectivity index (χ1v) is 5.55. The van der Waals surface area contributed by atoms with E-state index in [1.807, 2.05) is 14.1 Å². The second kappa shape index (κ2) is 11.0. The Labute approximate surface area is 111 Å². The second-order valence-corrected chi connectivity index (χ2v) is 4.00. The summed E-state index contributed by atoms with van der Waals surface area (Å²) in [6.45, 7) is 2.23. The first-order valence-electron chi connectivity index (χ1n) is 5.55. The molecule has 0 spiro atoms. The fourth-order valence-electron chi connectivity index (χ4n) is 1.64. The van der Waals surface area contributed by atoms with Gasteiger partial charge in [-0.1, -0.05) is 0 Å². The van der Waals surface area contributed by atoms with Gasteiger partial charge in [0.15, 0.2) is 0 Å². The van der Waals surface area contributed by atoms with E-state index < -0.39 is 0 Å². The van der Waals surface area contributed by atoms with E-state index in [0.29, 0.717) is 26.4 Å². The molecule has 0 bridgehead atoms. The zero-order chi connectivity index (χ0) is 12.0. The molecule has 2 saturated heterocycles. The molecule has 5 atom stereocenters. The third kappa shape index (κ3) is 6.36. The van der Waals surface area contributed by atoms with Crippen molar-refractivity contribution in [1.29, 1.82) is 0 Å². The van der Waals surface area contributed by atoms with Crippen molar-refractivity contribution in [1.82, 2.24) is 10.6 Å². The number of ether oxygens (including phenoxy) is 2. The monoisotopic (exact) mass is 286 g/mol. The van der Waals surface area contributed by atoms with Gasteiger partial charge in [0, 0.05) is 0 Å². The third-order valence-electron chi connectivity index (χ3n) is 2.84. The number of aliphatic hydroxyl groups is 2. The van der Waals surface area contributed by atoms with Crippen LogP contribution in [0.15, 0.2) is 0 Å². The molecular formula is C10H27N2O5P. The van der Waals surface area contributed by atoms with Crippen molar-refractivity contribution in [3.05, 3.63) is 0 Å². The summed E-state index contributed by atoms with van der Waals surface area (Å²) < 4.78 is 9.90. The van der Waals surface area contributed by atoms with Gasteiger partial charge in [-0.15, -0.1) is 0 Å². The molecule has 18 heavy (non-hydrogen) atoms. The Hall–Kier alpha value is 0.150. The van der Waals surface area contributed by atoms with Crippen molar-refractivity contribution in [3.8, 4) is 0 Å². The number of nitrogens with one attached hydrogen (secondary N) is 2. The Kier molecular flexibility index (Phi) is 12.5. The lowest BCUT2D eigenvalue weighted by atomic mass is 10.2. The Morgan fingerprint density at radius 1 is 0.833 bits per heavy atom. The van der Waals surface area contributed by atoms with Gasteiger partial charge in [-0.2, -0.15) is 9.90 Å². The Morgan fingerprint density at radius 3 is 1.28 bits per heavy atom. The van der Waals surface area contributed by atoms with Gasteiger partial charge in [-0.3, -0.25) is 0 Å². The molecule has 0 aromatic carbocycles. The number of aliphatic hydroxyl groups excluding tert-OH is 2. The number of hydrogen-bond donors (Lipinski definition) is 4. The average molecular weight is 286 g/mol. The van der Waals surface area contributed by atoms with E-state index in [1.165, 1.54) is 0 Å². The lowest BCUT2D eigenvalue weighted by molar-refractivity contribution is 0.123. The van der Waals surface area contributed by atoms with E-state index in [0.717, 1.165) is 0 Å². The van der Waals surface area contributed by atoms with Gasteiger partial charge in [-0.05, 0) is 14.1 Å². The number of likely N-dealkylation sites (N-methyl/N-ethyl adjacent to an activating group) is 2. The van der Waals surface area contributed by atoms with Crippen LogP contribution < -0.4 is 10.6 Å². The summed E-state index contributed by atoms with van der Waals surface area (Å²) in [6.07, 6.45) is -0.611. The van der Waals surface area contributed by atoms with Gasteiger partial charge in [0.2, 0.25) is 0 Å². The maximum Gasteiger partial charge on any atom is 0.0948 e. The summed E-state index contributed by atoms with van der Waals surface area (Å²) in [5, 5.41) is 23.9. The molecule has 2 aliphatic rings. The molecule has 0 aromatic heterocycles. The Morgan fingerprint density at radius 2 is 1.17 bits per heavy atom. The van der Waals surface area contributed by atoms with Crippen molar-refractivity contribution < 1.29 is 25.2 Å². The van der Waals surface area contributed by atoms with E-state index in [2.05, 4.69) is 10.6 Å². The van der Waals surface area contributed by atoms with Gasteiger partial charge >= 0.3 is 0 Å². The van der Waals surface area contributed by atoms with E-state index in [1.54, 1.807) is 0 Å². The predicted octanol–water partition coefficient (Wildman–Crippen LogP) is -2.84. The molecule has 8 heteroatoms. The van der Waals surface area contributed by atoms with Gasteiger partial charge in [-0.25, -0.2) is 0 Å². The highest BCUT2D eigenvalue weighted by molar-refractivity contribution is 6.92. The van der Waals surface area contributed by atoms with Crippen LogP contribution in [0.5, 0.6) is 0 Å². The lowest BCUT2D eigenvalue weighted by Crippen LogP contribution is -2.35. The molecule has 0 saturated carbocycles. The highest BCUT2D eigenvalue weighted by atomic mass is 31.0. The predicted molar refractivity (Wildman–Crippen MR) is 74.1 cm³/mol. The molecule has 0 amide bonds. The van der Waals surface area contributed by atoms with Crippen LogP contribution in [0.4, 0.5) is 0 Å². The summed E-state index contributed by atoms with van der Waals surface area (Å²) in [5.41, 5.74) is 0. The first-order chi connectivity index (χ1) is 7.69. The van der Waals surface area contributed by atoms with Gasteiger partial charge in [0.05, 0.1) is 50.7 Å². The molecule has 2 aliphatic heterocycles. The summed E-state index contributed by atoms with van der Waals surface area (Å²) in [7, 11) is 3.64. The van der Waals surface area contributed by atoms with E-state index in [9.17, 15) is 0 Å². The minimum atomic E-state index is -0.306. The molecule has 0 aliphatic carbocycles. The molecule has 2 heterocycles. The zero-order valence-corrected chi connectivity index (χ0v) is 12.5. The standard InChI is InChI=1S/2C5H11NO2.H2O.H3P/c2*1-6-4-2-8-3-5(4)7;;/h2*4-7H,2-3H2,1H3;1H2;1H3/t4-,5+;4-,5-;;/m00../s1. The van der Waals surface area contributed by atoms with Crippen LogP contribution in [0.2, 0.25) is 0 Å². The fraction of sp³-hybridized carbons (Fsp3) is 1.00. The quantitative estimate of drug-likeness (QED) is 0.407. The average Bonchev–Trinajstić information content (AvgIpc) is 2.87. The molecule has 7 nitrogen and oxygen atoms in total. The van der Waals surface area contributed by atoms with E-state index >= 15 is 0 Å². The Balaban J connectivity index is 0. The van der Waals surface area contributed by atoms with Crippen LogP contribution in [0.25, 0.3) is 0 Å². The molecule has 2 rings (SSSR count). The molecule has 0 aromatic rings. The van der Waals surface area contributed by atoms with Crippen molar-refractivity contribution in [2.24, 2.45) is 0 Å². The van der Waals surface area contributed by atoms with Crippen LogP contribution in [0.1, 0.15) is 0 Å². The molecular weight excluding hydrogens is 259 g/mol. The van der Waals surface area contributed by atoms with Gasteiger partial charge < -0.3 is 35.8 Å². The van der Waals surface area contributed by atoms with Crippen LogP contribution in [-0.4, -0.2) is 80.5 Å². The van der Waals surface area contributed by atoms with Gasteiger partial charge in [0.1, 0.15) is 0 Å². The number of hydrogen-bond acceptors (Lipinski definition) is 6. The second-order valence-electron chi connectivity index (χ2n) is 4.00.